The lowest BCUT2D eigenvalue weighted by molar-refractivity contribution is -0.00834. The molecule has 0 bridgehead atoms. The van der Waals surface area contributed by atoms with Crippen molar-refractivity contribution in [2.75, 3.05) is 46.4 Å². The van der Waals surface area contributed by atoms with Crippen molar-refractivity contribution in [2.24, 2.45) is 10.9 Å². The molecule has 1 heterocycles. The monoisotopic (exact) mass is 270 g/mol. The molecule has 112 valence electrons. The van der Waals surface area contributed by atoms with Crippen molar-refractivity contribution in [3.05, 3.63) is 0 Å². The van der Waals surface area contributed by atoms with Crippen molar-refractivity contribution in [2.45, 2.75) is 33.2 Å². The second-order valence-corrected chi connectivity index (χ2v) is 6.11. The van der Waals surface area contributed by atoms with Crippen LogP contribution in [0.3, 0.4) is 0 Å². The Labute approximate surface area is 117 Å². The van der Waals surface area contributed by atoms with Gasteiger partial charge in [0.15, 0.2) is 5.96 Å². The highest BCUT2D eigenvalue weighted by Gasteiger charge is 2.28. The van der Waals surface area contributed by atoms with E-state index in [-0.39, 0.29) is 5.54 Å². The first-order valence-electron chi connectivity index (χ1n) is 7.23. The Kier molecular flexibility index (Phi) is 6.58. The Morgan fingerprint density at radius 3 is 2.42 bits per heavy atom. The summed E-state index contributed by atoms with van der Waals surface area (Å²) in [5.41, 5.74) is 0.110. The first-order chi connectivity index (χ1) is 8.95. The van der Waals surface area contributed by atoms with Gasteiger partial charge in [-0.3, -0.25) is 9.89 Å². The molecule has 1 aliphatic heterocycles. The van der Waals surface area contributed by atoms with Crippen LogP contribution in [0.1, 0.15) is 27.7 Å². The summed E-state index contributed by atoms with van der Waals surface area (Å²) in [5, 5.41) is 6.76. The number of ether oxygens (including phenoxy) is 1. The third-order valence-electron chi connectivity index (χ3n) is 3.46. The van der Waals surface area contributed by atoms with Crippen molar-refractivity contribution in [1.82, 2.24) is 15.5 Å². The van der Waals surface area contributed by atoms with Crippen LogP contribution in [0.2, 0.25) is 0 Å². The standard InChI is InChI=1S/C14H30N4O/c1-12(2)10-16-13(15-5)17-11-14(3,4)18-6-8-19-9-7-18/h12H,6-11H2,1-5H3,(H2,15,16,17). The molecule has 1 aliphatic rings. The number of nitrogens with one attached hydrogen (secondary N) is 2. The molecule has 0 aromatic carbocycles. The van der Waals surface area contributed by atoms with Crippen LogP contribution in [-0.4, -0.2) is 62.8 Å². The zero-order chi connectivity index (χ0) is 14.3. The summed E-state index contributed by atoms with van der Waals surface area (Å²) in [6.07, 6.45) is 0. The van der Waals surface area contributed by atoms with Gasteiger partial charge in [0, 0.05) is 38.8 Å². The van der Waals surface area contributed by atoms with E-state index in [1.807, 2.05) is 7.05 Å². The van der Waals surface area contributed by atoms with E-state index < -0.39 is 0 Å². The SMILES string of the molecule is CN=C(NCC(C)C)NCC(C)(C)N1CCOCC1. The largest absolute Gasteiger partial charge is 0.379 e. The summed E-state index contributed by atoms with van der Waals surface area (Å²) in [6.45, 7) is 14.4. The molecule has 1 rings (SSSR count). The lowest BCUT2D eigenvalue weighted by Crippen LogP contribution is -2.56. The van der Waals surface area contributed by atoms with Gasteiger partial charge in [-0.25, -0.2) is 0 Å². The topological polar surface area (TPSA) is 48.9 Å². The summed E-state index contributed by atoms with van der Waals surface area (Å²) in [4.78, 5) is 6.73. The van der Waals surface area contributed by atoms with Crippen molar-refractivity contribution in [3.63, 3.8) is 0 Å². The molecule has 1 saturated heterocycles. The van der Waals surface area contributed by atoms with E-state index in [9.17, 15) is 0 Å². The molecule has 0 aliphatic carbocycles. The van der Waals surface area contributed by atoms with Crippen LogP contribution in [0.15, 0.2) is 4.99 Å². The molecule has 5 heteroatoms. The molecular formula is C14H30N4O. The molecule has 0 saturated carbocycles. The van der Waals surface area contributed by atoms with Crippen LogP contribution < -0.4 is 10.6 Å². The number of rotatable bonds is 5. The van der Waals surface area contributed by atoms with Crippen LogP contribution in [0.4, 0.5) is 0 Å². The number of nitrogens with zero attached hydrogens (tertiary/aromatic N) is 2. The average molecular weight is 270 g/mol. The van der Waals surface area contributed by atoms with Gasteiger partial charge in [-0.05, 0) is 19.8 Å². The minimum atomic E-state index is 0.110. The Hall–Kier alpha value is -0.810. The van der Waals surface area contributed by atoms with Gasteiger partial charge in [0.1, 0.15) is 0 Å². The molecule has 0 unspecified atom stereocenters. The minimum Gasteiger partial charge on any atom is -0.379 e. The number of hydrogen-bond acceptors (Lipinski definition) is 3. The van der Waals surface area contributed by atoms with Crippen LogP contribution >= 0.6 is 0 Å². The Bertz CT molecular complexity index is 283. The summed E-state index contributed by atoms with van der Waals surface area (Å²) in [6, 6.07) is 0. The van der Waals surface area contributed by atoms with E-state index in [1.54, 1.807) is 0 Å². The van der Waals surface area contributed by atoms with Crippen LogP contribution in [0, 0.1) is 5.92 Å². The number of guanidine groups is 1. The van der Waals surface area contributed by atoms with Crippen molar-refractivity contribution >= 4 is 5.96 Å². The van der Waals surface area contributed by atoms with E-state index in [2.05, 4.69) is 48.2 Å². The zero-order valence-electron chi connectivity index (χ0n) is 13.1. The third kappa shape index (κ3) is 5.78. The number of aliphatic imine (C=N–C) groups is 1. The van der Waals surface area contributed by atoms with Gasteiger partial charge in [-0.1, -0.05) is 13.8 Å². The van der Waals surface area contributed by atoms with Crippen LogP contribution in [0.5, 0.6) is 0 Å². The van der Waals surface area contributed by atoms with E-state index in [0.29, 0.717) is 5.92 Å². The molecule has 0 atom stereocenters. The lowest BCUT2D eigenvalue weighted by Gasteiger charge is -2.41. The first-order valence-corrected chi connectivity index (χ1v) is 7.23. The highest BCUT2D eigenvalue weighted by Crippen LogP contribution is 2.14. The van der Waals surface area contributed by atoms with E-state index >= 15 is 0 Å². The van der Waals surface area contributed by atoms with E-state index in [0.717, 1.165) is 45.4 Å². The molecule has 0 aromatic rings. The summed E-state index contributed by atoms with van der Waals surface area (Å²) in [5.74, 6) is 1.50. The lowest BCUT2D eigenvalue weighted by atomic mass is 10.0. The van der Waals surface area contributed by atoms with Crippen molar-refractivity contribution < 1.29 is 4.74 Å². The van der Waals surface area contributed by atoms with Crippen molar-refractivity contribution in [3.8, 4) is 0 Å². The van der Waals surface area contributed by atoms with Gasteiger partial charge in [-0.2, -0.15) is 0 Å². The molecule has 0 aromatic heterocycles. The first kappa shape index (κ1) is 16.2. The molecule has 19 heavy (non-hydrogen) atoms. The number of morpholine rings is 1. The maximum Gasteiger partial charge on any atom is 0.191 e. The minimum absolute atomic E-state index is 0.110. The number of hydrogen-bond donors (Lipinski definition) is 2. The maximum atomic E-state index is 5.41. The van der Waals surface area contributed by atoms with Crippen molar-refractivity contribution in [1.29, 1.82) is 0 Å². The normalized spacial score (nSPS) is 18.7. The predicted molar refractivity (Wildman–Crippen MR) is 80.7 cm³/mol. The Morgan fingerprint density at radius 1 is 1.26 bits per heavy atom. The van der Waals surface area contributed by atoms with Gasteiger partial charge >= 0.3 is 0 Å². The summed E-state index contributed by atoms with van der Waals surface area (Å²) >= 11 is 0. The fourth-order valence-corrected chi connectivity index (χ4v) is 2.10. The summed E-state index contributed by atoms with van der Waals surface area (Å²) < 4.78 is 5.41. The van der Waals surface area contributed by atoms with E-state index in [4.69, 9.17) is 4.74 Å². The molecule has 0 radical (unpaired) electrons. The average Bonchev–Trinajstić information content (AvgIpc) is 2.39. The summed E-state index contributed by atoms with van der Waals surface area (Å²) in [7, 11) is 1.82. The van der Waals surface area contributed by atoms with E-state index in [1.165, 1.54) is 0 Å². The fourth-order valence-electron chi connectivity index (χ4n) is 2.10. The van der Waals surface area contributed by atoms with Gasteiger partial charge in [0.2, 0.25) is 0 Å². The molecule has 1 fully saturated rings. The quantitative estimate of drug-likeness (QED) is 0.576. The van der Waals surface area contributed by atoms with Gasteiger partial charge in [0.05, 0.1) is 13.2 Å². The Balaban J connectivity index is 2.39. The second kappa shape index (κ2) is 7.70. The van der Waals surface area contributed by atoms with Gasteiger partial charge in [0.25, 0.3) is 0 Å². The predicted octanol–water partition coefficient (Wildman–Crippen LogP) is 0.918. The second-order valence-electron chi connectivity index (χ2n) is 6.11. The zero-order valence-corrected chi connectivity index (χ0v) is 13.1. The van der Waals surface area contributed by atoms with Gasteiger partial charge in [-0.15, -0.1) is 0 Å². The van der Waals surface area contributed by atoms with Crippen LogP contribution in [0.25, 0.3) is 0 Å². The molecule has 0 amide bonds. The van der Waals surface area contributed by atoms with Crippen LogP contribution in [-0.2, 0) is 4.74 Å². The molecular weight excluding hydrogens is 240 g/mol. The Morgan fingerprint density at radius 2 is 1.89 bits per heavy atom. The highest BCUT2D eigenvalue weighted by molar-refractivity contribution is 5.79. The fraction of sp³-hybridized carbons (Fsp3) is 0.929. The molecule has 2 N–H and O–H groups in total. The smallest absolute Gasteiger partial charge is 0.191 e. The van der Waals surface area contributed by atoms with Gasteiger partial charge < -0.3 is 15.4 Å². The highest BCUT2D eigenvalue weighted by atomic mass is 16.5. The third-order valence-corrected chi connectivity index (χ3v) is 3.46. The molecule has 0 spiro atoms. The maximum absolute atomic E-state index is 5.41. The molecule has 5 nitrogen and oxygen atoms in total.